The number of hydrogen-bond donors (Lipinski definition) is 1. The fourth-order valence-corrected chi connectivity index (χ4v) is 3.20. The van der Waals surface area contributed by atoms with Gasteiger partial charge in [-0.15, -0.1) is 0 Å². The SMILES string of the molecule is CC1CCC(Nc2ccc(S(=O)(=O)C(F)(F)F)cc2)C1. The molecule has 1 fully saturated rings. The van der Waals surface area contributed by atoms with Crippen molar-refractivity contribution in [2.75, 3.05) is 5.32 Å². The molecular formula is C13H16F3NO2S. The number of rotatable bonds is 3. The lowest BCUT2D eigenvalue weighted by Gasteiger charge is -2.14. The molecule has 1 aromatic rings. The van der Waals surface area contributed by atoms with E-state index in [1.54, 1.807) is 0 Å². The van der Waals surface area contributed by atoms with Gasteiger partial charge in [-0.2, -0.15) is 13.2 Å². The maximum atomic E-state index is 12.4. The predicted molar refractivity (Wildman–Crippen MR) is 70.1 cm³/mol. The van der Waals surface area contributed by atoms with Crippen LogP contribution in [0.1, 0.15) is 26.2 Å². The summed E-state index contributed by atoms with van der Waals surface area (Å²) in [5.41, 5.74) is -4.62. The molecule has 2 unspecified atom stereocenters. The molecule has 1 aliphatic rings. The van der Waals surface area contributed by atoms with E-state index in [-0.39, 0.29) is 0 Å². The van der Waals surface area contributed by atoms with Gasteiger partial charge < -0.3 is 5.32 Å². The molecule has 0 amide bonds. The largest absolute Gasteiger partial charge is 0.501 e. The Bertz CT molecular complexity index is 566. The van der Waals surface area contributed by atoms with Gasteiger partial charge in [-0.25, -0.2) is 8.42 Å². The van der Waals surface area contributed by atoms with E-state index in [1.807, 2.05) is 0 Å². The highest BCUT2D eigenvalue weighted by Gasteiger charge is 2.46. The maximum Gasteiger partial charge on any atom is 0.501 e. The Balaban J connectivity index is 2.11. The van der Waals surface area contributed by atoms with Crippen molar-refractivity contribution >= 4 is 15.5 Å². The first-order valence-corrected chi connectivity index (χ1v) is 7.86. The molecule has 2 rings (SSSR count). The molecule has 1 aromatic carbocycles. The number of anilines is 1. The molecule has 7 heteroatoms. The molecular weight excluding hydrogens is 291 g/mol. The summed E-state index contributed by atoms with van der Waals surface area (Å²) in [6.07, 6.45) is 3.16. The second kappa shape index (κ2) is 5.27. The summed E-state index contributed by atoms with van der Waals surface area (Å²) in [5, 5.41) is 3.21. The Hall–Kier alpha value is -1.24. The summed E-state index contributed by atoms with van der Waals surface area (Å²) in [5.74, 6) is 0.636. The molecule has 0 heterocycles. The van der Waals surface area contributed by atoms with Gasteiger partial charge in [-0.1, -0.05) is 6.92 Å². The van der Waals surface area contributed by atoms with Crippen LogP contribution in [0.3, 0.4) is 0 Å². The van der Waals surface area contributed by atoms with Crippen LogP contribution >= 0.6 is 0 Å². The third-order valence-electron chi connectivity index (χ3n) is 3.53. The summed E-state index contributed by atoms with van der Waals surface area (Å²) in [4.78, 5) is -0.727. The van der Waals surface area contributed by atoms with Crippen molar-refractivity contribution in [3.63, 3.8) is 0 Å². The Morgan fingerprint density at radius 3 is 2.20 bits per heavy atom. The molecule has 1 aliphatic carbocycles. The van der Waals surface area contributed by atoms with E-state index in [2.05, 4.69) is 12.2 Å². The van der Waals surface area contributed by atoms with Crippen LogP contribution in [-0.2, 0) is 9.84 Å². The van der Waals surface area contributed by atoms with Crippen molar-refractivity contribution < 1.29 is 21.6 Å². The molecule has 0 radical (unpaired) electrons. The van der Waals surface area contributed by atoms with Crippen LogP contribution in [0.5, 0.6) is 0 Å². The second-order valence-corrected chi connectivity index (χ2v) is 7.17. The monoisotopic (exact) mass is 307 g/mol. The molecule has 0 aliphatic heterocycles. The number of alkyl halides is 3. The van der Waals surface area contributed by atoms with Gasteiger partial charge in [0.15, 0.2) is 0 Å². The Morgan fingerprint density at radius 1 is 1.15 bits per heavy atom. The second-order valence-electron chi connectivity index (χ2n) is 5.23. The lowest BCUT2D eigenvalue weighted by Crippen LogP contribution is -2.23. The lowest BCUT2D eigenvalue weighted by molar-refractivity contribution is -0.0436. The number of benzene rings is 1. The topological polar surface area (TPSA) is 46.2 Å². The average molecular weight is 307 g/mol. The van der Waals surface area contributed by atoms with Crippen LogP contribution < -0.4 is 5.32 Å². The van der Waals surface area contributed by atoms with Crippen molar-refractivity contribution in [1.82, 2.24) is 0 Å². The minimum absolute atomic E-state index is 0.301. The van der Waals surface area contributed by atoms with Crippen LogP contribution in [0.4, 0.5) is 18.9 Å². The fourth-order valence-electron chi connectivity index (χ4n) is 2.44. The molecule has 0 bridgehead atoms. The smallest absolute Gasteiger partial charge is 0.382 e. The summed E-state index contributed by atoms with van der Waals surface area (Å²) < 4.78 is 59.6. The van der Waals surface area contributed by atoms with Gasteiger partial charge in [-0.05, 0) is 49.4 Å². The summed E-state index contributed by atoms with van der Waals surface area (Å²) in [6, 6.07) is 5.03. The van der Waals surface area contributed by atoms with Gasteiger partial charge in [-0.3, -0.25) is 0 Å². The summed E-state index contributed by atoms with van der Waals surface area (Å²) in [6.45, 7) is 2.15. The van der Waals surface area contributed by atoms with Crippen molar-refractivity contribution in [2.45, 2.75) is 42.6 Å². The molecule has 0 saturated heterocycles. The Morgan fingerprint density at radius 2 is 1.75 bits per heavy atom. The predicted octanol–water partition coefficient (Wildman–Crippen LogP) is 3.58. The van der Waals surface area contributed by atoms with Crippen LogP contribution in [0.15, 0.2) is 29.2 Å². The lowest BCUT2D eigenvalue weighted by atomic mass is 10.1. The van der Waals surface area contributed by atoms with Gasteiger partial charge >= 0.3 is 5.51 Å². The minimum Gasteiger partial charge on any atom is -0.382 e. The van der Waals surface area contributed by atoms with Gasteiger partial charge in [0, 0.05) is 11.7 Å². The van der Waals surface area contributed by atoms with Crippen LogP contribution in [0, 0.1) is 5.92 Å². The van der Waals surface area contributed by atoms with Crippen LogP contribution in [-0.4, -0.2) is 20.0 Å². The highest BCUT2D eigenvalue weighted by atomic mass is 32.2. The van der Waals surface area contributed by atoms with E-state index >= 15 is 0 Å². The molecule has 0 aromatic heterocycles. The van der Waals surface area contributed by atoms with Crippen LogP contribution in [0.2, 0.25) is 0 Å². The third-order valence-corrected chi connectivity index (χ3v) is 5.04. The molecule has 20 heavy (non-hydrogen) atoms. The fraction of sp³-hybridized carbons (Fsp3) is 0.538. The van der Waals surface area contributed by atoms with Gasteiger partial charge in [0.05, 0.1) is 4.90 Å². The third kappa shape index (κ3) is 3.08. The molecule has 0 spiro atoms. The van der Waals surface area contributed by atoms with E-state index in [4.69, 9.17) is 0 Å². The number of halogens is 3. The van der Waals surface area contributed by atoms with E-state index in [0.717, 1.165) is 31.4 Å². The summed E-state index contributed by atoms with van der Waals surface area (Å²) >= 11 is 0. The standard InChI is InChI=1S/C13H16F3NO2S/c1-9-2-3-11(8-9)17-10-4-6-12(7-5-10)20(18,19)13(14,15)16/h4-7,9,11,17H,2-3,8H2,1H3. The van der Waals surface area contributed by atoms with E-state index in [0.29, 0.717) is 17.6 Å². The number of nitrogens with one attached hydrogen (secondary N) is 1. The van der Waals surface area contributed by atoms with E-state index < -0.39 is 20.2 Å². The Labute approximate surface area is 116 Å². The van der Waals surface area contributed by atoms with Crippen LogP contribution in [0.25, 0.3) is 0 Å². The molecule has 112 valence electrons. The van der Waals surface area contributed by atoms with Gasteiger partial charge in [0.2, 0.25) is 0 Å². The zero-order valence-electron chi connectivity index (χ0n) is 10.9. The van der Waals surface area contributed by atoms with Crippen molar-refractivity contribution in [2.24, 2.45) is 5.92 Å². The molecule has 1 saturated carbocycles. The summed E-state index contributed by atoms with van der Waals surface area (Å²) in [7, 11) is -5.26. The molecule has 1 N–H and O–H groups in total. The van der Waals surface area contributed by atoms with Gasteiger partial charge in [0.1, 0.15) is 0 Å². The van der Waals surface area contributed by atoms with Crippen molar-refractivity contribution in [1.29, 1.82) is 0 Å². The quantitative estimate of drug-likeness (QED) is 0.928. The average Bonchev–Trinajstić information content (AvgIpc) is 2.74. The maximum absolute atomic E-state index is 12.4. The molecule has 3 nitrogen and oxygen atoms in total. The molecule has 2 atom stereocenters. The van der Waals surface area contributed by atoms with Crippen molar-refractivity contribution in [3.8, 4) is 0 Å². The minimum atomic E-state index is -5.26. The normalized spacial score (nSPS) is 23.8. The zero-order valence-corrected chi connectivity index (χ0v) is 11.8. The van der Waals surface area contributed by atoms with E-state index in [9.17, 15) is 21.6 Å². The van der Waals surface area contributed by atoms with E-state index in [1.165, 1.54) is 12.1 Å². The Kier molecular flexibility index (Phi) is 4.00. The highest BCUT2D eigenvalue weighted by Crippen LogP contribution is 2.31. The van der Waals surface area contributed by atoms with Crippen molar-refractivity contribution in [3.05, 3.63) is 24.3 Å². The highest BCUT2D eigenvalue weighted by molar-refractivity contribution is 7.92. The van der Waals surface area contributed by atoms with Gasteiger partial charge in [0.25, 0.3) is 9.84 Å². The first-order chi connectivity index (χ1) is 9.20. The first-order valence-electron chi connectivity index (χ1n) is 6.38. The number of hydrogen-bond acceptors (Lipinski definition) is 3. The zero-order chi connectivity index (χ0) is 15.0. The first kappa shape index (κ1) is 15.2. The number of sulfone groups is 1.